The van der Waals surface area contributed by atoms with Crippen molar-refractivity contribution in [3.63, 3.8) is 0 Å². The fourth-order valence-corrected chi connectivity index (χ4v) is 6.57. The second-order valence-electron chi connectivity index (χ2n) is 10.2. The number of ether oxygens (including phenoxy) is 3. The van der Waals surface area contributed by atoms with Crippen LogP contribution in [0.15, 0.2) is 12.1 Å². The van der Waals surface area contributed by atoms with Gasteiger partial charge in [0.1, 0.15) is 11.8 Å². The predicted octanol–water partition coefficient (Wildman–Crippen LogP) is 2.94. The topological polar surface area (TPSA) is 75.0 Å². The molecule has 6 bridgehead atoms. The molecule has 6 nitrogen and oxygen atoms in total. The van der Waals surface area contributed by atoms with Gasteiger partial charge in [-0.2, -0.15) is 5.26 Å². The number of nitriles is 1. The standard InChI is InChI=1S/C25H32N2O4/c26-15-19-7-6-18-13-21-24(28)8-9-25(29-11-12-30-25)22(14-24)31-23(19)20(18)5-2-10-27(21)16-17-3-1-4-17/h6-7,17,21-22,28H,1-5,8-14,16H2. The van der Waals surface area contributed by atoms with Crippen LogP contribution in [0.4, 0.5) is 0 Å². The number of rotatable bonds is 2. The Hall–Kier alpha value is -1.65. The van der Waals surface area contributed by atoms with E-state index < -0.39 is 17.5 Å². The molecule has 1 saturated heterocycles. The van der Waals surface area contributed by atoms with Crippen LogP contribution in [0.1, 0.15) is 61.6 Å². The lowest BCUT2D eigenvalue weighted by atomic mass is 9.72. The van der Waals surface area contributed by atoms with E-state index in [9.17, 15) is 10.4 Å². The first-order chi connectivity index (χ1) is 15.1. The first-order valence-electron chi connectivity index (χ1n) is 12.1. The Kier molecular flexibility index (Phi) is 4.81. The number of fused-ring (bicyclic) bond motifs is 5. The van der Waals surface area contributed by atoms with E-state index in [4.69, 9.17) is 14.2 Å². The molecule has 1 spiro atoms. The molecular formula is C25H32N2O4. The number of hydrogen-bond acceptors (Lipinski definition) is 6. The van der Waals surface area contributed by atoms with Gasteiger partial charge in [-0.05, 0) is 68.2 Å². The summed E-state index contributed by atoms with van der Waals surface area (Å²) in [5.74, 6) is 0.643. The molecular weight excluding hydrogens is 392 g/mol. The molecule has 0 aromatic heterocycles. The van der Waals surface area contributed by atoms with E-state index in [-0.39, 0.29) is 6.04 Å². The number of benzene rings is 1. The van der Waals surface area contributed by atoms with Crippen LogP contribution in [0, 0.1) is 17.2 Å². The predicted molar refractivity (Wildman–Crippen MR) is 114 cm³/mol. The van der Waals surface area contributed by atoms with Crippen LogP contribution in [0.25, 0.3) is 0 Å². The van der Waals surface area contributed by atoms with Crippen molar-refractivity contribution < 1.29 is 19.3 Å². The van der Waals surface area contributed by atoms with Crippen molar-refractivity contribution >= 4 is 0 Å². The molecule has 6 heteroatoms. The van der Waals surface area contributed by atoms with Gasteiger partial charge in [0.15, 0.2) is 6.10 Å². The van der Waals surface area contributed by atoms with E-state index in [0.717, 1.165) is 43.8 Å². The molecule has 6 rings (SSSR count). The molecule has 3 atom stereocenters. The Bertz CT molecular complexity index is 902. The SMILES string of the molecule is N#Cc1ccc2c3c1OC1CC(O)(CCC14OCCO4)C(C2)N(CC1CCC1)CCC3. The van der Waals surface area contributed by atoms with Crippen LogP contribution in [-0.2, 0) is 22.3 Å². The molecule has 1 N–H and O–H groups in total. The van der Waals surface area contributed by atoms with Crippen LogP contribution >= 0.6 is 0 Å². The van der Waals surface area contributed by atoms with Crippen molar-refractivity contribution in [3.8, 4) is 11.8 Å². The molecule has 3 aliphatic heterocycles. The summed E-state index contributed by atoms with van der Waals surface area (Å²) in [6, 6.07) is 6.38. The molecule has 3 heterocycles. The quantitative estimate of drug-likeness (QED) is 0.787. The normalized spacial score (nSPS) is 34.6. The fraction of sp³-hybridized carbons (Fsp3) is 0.720. The van der Waals surface area contributed by atoms with Crippen LogP contribution in [0.2, 0.25) is 0 Å². The Morgan fingerprint density at radius 1 is 1.16 bits per heavy atom. The smallest absolute Gasteiger partial charge is 0.206 e. The Morgan fingerprint density at radius 2 is 2.00 bits per heavy atom. The summed E-state index contributed by atoms with van der Waals surface area (Å²) in [5, 5.41) is 21.9. The number of hydrogen-bond donors (Lipinski definition) is 1. The first-order valence-corrected chi connectivity index (χ1v) is 12.1. The van der Waals surface area contributed by atoms with Crippen molar-refractivity contribution in [2.24, 2.45) is 5.92 Å². The molecule has 31 heavy (non-hydrogen) atoms. The largest absolute Gasteiger partial charge is 0.483 e. The highest BCUT2D eigenvalue weighted by atomic mass is 16.8. The van der Waals surface area contributed by atoms with Crippen LogP contribution < -0.4 is 4.74 Å². The van der Waals surface area contributed by atoms with Crippen molar-refractivity contribution in [1.82, 2.24) is 4.90 Å². The average Bonchev–Trinajstić information content (AvgIpc) is 3.19. The molecule has 3 fully saturated rings. The second kappa shape index (κ2) is 7.45. The zero-order valence-corrected chi connectivity index (χ0v) is 18.1. The third-order valence-corrected chi connectivity index (χ3v) is 8.51. The highest BCUT2D eigenvalue weighted by Gasteiger charge is 2.58. The maximum absolute atomic E-state index is 12.1. The Labute approximate surface area is 184 Å². The summed E-state index contributed by atoms with van der Waals surface area (Å²) < 4.78 is 18.9. The summed E-state index contributed by atoms with van der Waals surface area (Å²) in [5.41, 5.74) is 2.09. The van der Waals surface area contributed by atoms with E-state index in [2.05, 4.69) is 17.0 Å². The fourth-order valence-electron chi connectivity index (χ4n) is 6.57. The summed E-state index contributed by atoms with van der Waals surface area (Å²) in [6.45, 7) is 3.16. The molecule has 166 valence electrons. The summed E-state index contributed by atoms with van der Waals surface area (Å²) >= 11 is 0. The Morgan fingerprint density at radius 3 is 2.74 bits per heavy atom. The lowest BCUT2D eigenvalue weighted by molar-refractivity contribution is -0.259. The van der Waals surface area contributed by atoms with Crippen LogP contribution in [-0.4, -0.2) is 59.8 Å². The summed E-state index contributed by atoms with van der Waals surface area (Å²) in [6.07, 6.45) is 8.00. The van der Waals surface area contributed by atoms with Gasteiger partial charge in [0.05, 0.1) is 24.4 Å². The van der Waals surface area contributed by atoms with Crippen molar-refractivity contribution in [2.75, 3.05) is 26.3 Å². The maximum atomic E-state index is 12.1. The van der Waals surface area contributed by atoms with Gasteiger partial charge in [-0.1, -0.05) is 12.5 Å². The Balaban J connectivity index is 1.47. The van der Waals surface area contributed by atoms with Gasteiger partial charge in [0, 0.05) is 25.4 Å². The van der Waals surface area contributed by atoms with Crippen LogP contribution in [0.3, 0.4) is 0 Å². The lowest BCUT2D eigenvalue weighted by Crippen LogP contribution is -2.63. The van der Waals surface area contributed by atoms with E-state index in [1.807, 2.05) is 6.07 Å². The molecule has 2 aliphatic carbocycles. The first kappa shape index (κ1) is 20.0. The van der Waals surface area contributed by atoms with Gasteiger partial charge in [0.25, 0.3) is 0 Å². The van der Waals surface area contributed by atoms with E-state index in [0.29, 0.717) is 43.8 Å². The zero-order valence-electron chi connectivity index (χ0n) is 18.1. The molecule has 0 radical (unpaired) electrons. The third-order valence-electron chi connectivity index (χ3n) is 8.51. The highest BCUT2D eigenvalue weighted by molar-refractivity contribution is 5.53. The van der Waals surface area contributed by atoms with E-state index >= 15 is 0 Å². The molecule has 1 aromatic carbocycles. The van der Waals surface area contributed by atoms with Crippen LogP contribution in [0.5, 0.6) is 5.75 Å². The minimum Gasteiger partial charge on any atom is -0.483 e. The zero-order chi connectivity index (χ0) is 21.1. The van der Waals surface area contributed by atoms with Gasteiger partial charge in [-0.15, -0.1) is 0 Å². The number of nitrogens with zero attached hydrogens (tertiary/aromatic N) is 2. The average molecular weight is 425 g/mol. The monoisotopic (exact) mass is 424 g/mol. The third kappa shape index (κ3) is 3.21. The molecule has 0 amide bonds. The summed E-state index contributed by atoms with van der Waals surface area (Å²) in [4.78, 5) is 2.58. The van der Waals surface area contributed by atoms with Crippen molar-refractivity contribution in [1.29, 1.82) is 5.26 Å². The van der Waals surface area contributed by atoms with Gasteiger partial charge in [-0.3, -0.25) is 4.90 Å². The van der Waals surface area contributed by atoms with Gasteiger partial charge in [0.2, 0.25) is 5.79 Å². The molecule has 2 saturated carbocycles. The molecule has 1 aromatic rings. The van der Waals surface area contributed by atoms with E-state index in [1.54, 1.807) is 0 Å². The van der Waals surface area contributed by atoms with Crippen molar-refractivity contribution in [3.05, 3.63) is 28.8 Å². The highest BCUT2D eigenvalue weighted by Crippen LogP contribution is 2.48. The van der Waals surface area contributed by atoms with Gasteiger partial charge < -0.3 is 19.3 Å². The summed E-state index contributed by atoms with van der Waals surface area (Å²) in [7, 11) is 0. The van der Waals surface area contributed by atoms with Gasteiger partial charge in [-0.25, -0.2) is 0 Å². The molecule has 5 aliphatic rings. The van der Waals surface area contributed by atoms with Gasteiger partial charge >= 0.3 is 0 Å². The van der Waals surface area contributed by atoms with E-state index in [1.165, 1.54) is 24.8 Å². The van der Waals surface area contributed by atoms with Crippen molar-refractivity contribution in [2.45, 2.75) is 81.3 Å². The minimum atomic E-state index is -0.858. The second-order valence-corrected chi connectivity index (χ2v) is 10.2. The minimum absolute atomic E-state index is 0.0517. The number of aliphatic hydroxyl groups is 1. The lowest BCUT2D eigenvalue weighted by Gasteiger charge is -2.51. The molecule has 3 unspecified atom stereocenters. The maximum Gasteiger partial charge on any atom is 0.206 e.